The van der Waals surface area contributed by atoms with Crippen molar-refractivity contribution in [2.45, 2.75) is 4.90 Å². The summed E-state index contributed by atoms with van der Waals surface area (Å²) in [5.41, 5.74) is 1.20. The van der Waals surface area contributed by atoms with Gasteiger partial charge in [0.05, 0.1) is 14.2 Å². The van der Waals surface area contributed by atoms with Crippen molar-refractivity contribution in [1.29, 1.82) is 0 Å². The maximum Gasteiger partial charge on any atom is 0.193 e. The third kappa shape index (κ3) is 3.14. The molecule has 20 heavy (non-hydrogen) atoms. The number of hydrogen-bond acceptors (Lipinski definition) is 4. The normalized spacial score (nSPS) is 10.2. The molecule has 0 aliphatic rings. The van der Waals surface area contributed by atoms with E-state index < -0.39 is 0 Å². The predicted octanol–water partition coefficient (Wildman–Crippen LogP) is 3.66. The molecular formula is C16H16O3S. The lowest BCUT2D eigenvalue weighted by Gasteiger charge is -2.08. The molecular weight excluding hydrogens is 272 g/mol. The molecule has 2 aromatic rings. The minimum absolute atomic E-state index is 0.0464. The number of carbonyl (C=O) groups is 1. The standard InChI is InChI=1S/C16H16O3S/c1-18-13-8-12(9-14(10-13)19-2)16(17)11-4-6-15(20-3)7-5-11/h4-10H,1-3H3. The van der Waals surface area contributed by atoms with Crippen LogP contribution in [0.2, 0.25) is 0 Å². The molecule has 0 unspecified atom stereocenters. The van der Waals surface area contributed by atoms with Gasteiger partial charge in [-0.2, -0.15) is 0 Å². The fraction of sp³-hybridized carbons (Fsp3) is 0.188. The summed E-state index contributed by atoms with van der Waals surface area (Å²) < 4.78 is 10.4. The van der Waals surface area contributed by atoms with Gasteiger partial charge in [-0.15, -0.1) is 11.8 Å². The summed E-state index contributed by atoms with van der Waals surface area (Å²) in [6, 6.07) is 12.7. The molecule has 104 valence electrons. The topological polar surface area (TPSA) is 35.5 Å². The van der Waals surface area contributed by atoms with Gasteiger partial charge in [-0.3, -0.25) is 4.79 Å². The second kappa shape index (κ2) is 6.48. The molecule has 0 bridgehead atoms. The molecule has 0 saturated heterocycles. The van der Waals surface area contributed by atoms with Gasteiger partial charge in [-0.05, 0) is 42.7 Å². The van der Waals surface area contributed by atoms with Gasteiger partial charge in [-0.25, -0.2) is 0 Å². The van der Waals surface area contributed by atoms with Crippen LogP contribution < -0.4 is 9.47 Å². The van der Waals surface area contributed by atoms with Gasteiger partial charge >= 0.3 is 0 Å². The lowest BCUT2D eigenvalue weighted by Crippen LogP contribution is -2.02. The number of carbonyl (C=O) groups excluding carboxylic acids is 1. The Kier molecular flexibility index (Phi) is 4.69. The van der Waals surface area contributed by atoms with Gasteiger partial charge in [0.2, 0.25) is 0 Å². The van der Waals surface area contributed by atoms with Crippen LogP contribution in [0.4, 0.5) is 0 Å². The maximum atomic E-state index is 12.5. The Labute approximate surface area is 122 Å². The third-order valence-electron chi connectivity index (χ3n) is 2.97. The molecule has 0 radical (unpaired) electrons. The first kappa shape index (κ1) is 14.5. The first-order valence-electron chi connectivity index (χ1n) is 6.09. The highest BCUT2D eigenvalue weighted by molar-refractivity contribution is 7.98. The minimum Gasteiger partial charge on any atom is -0.497 e. The van der Waals surface area contributed by atoms with Gasteiger partial charge in [0.25, 0.3) is 0 Å². The Morgan fingerprint density at radius 3 is 1.90 bits per heavy atom. The summed E-state index contributed by atoms with van der Waals surface area (Å²) in [5, 5.41) is 0. The molecule has 0 heterocycles. The number of ketones is 1. The Balaban J connectivity index is 2.36. The number of hydrogen-bond donors (Lipinski definition) is 0. The molecule has 0 aromatic heterocycles. The highest BCUT2D eigenvalue weighted by Crippen LogP contribution is 2.25. The summed E-state index contributed by atoms with van der Waals surface area (Å²) in [6.07, 6.45) is 2.00. The van der Waals surface area contributed by atoms with Crippen LogP contribution >= 0.6 is 11.8 Å². The Morgan fingerprint density at radius 1 is 0.900 bits per heavy atom. The zero-order valence-corrected chi connectivity index (χ0v) is 12.5. The molecule has 0 N–H and O–H groups in total. The van der Waals surface area contributed by atoms with E-state index in [1.165, 1.54) is 0 Å². The van der Waals surface area contributed by atoms with Crippen LogP contribution in [-0.4, -0.2) is 26.3 Å². The van der Waals surface area contributed by atoms with E-state index in [9.17, 15) is 4.79 Å². The molecule has 0 aliphatic carbocycles. The summed E-state index contributed by atoms with van der Waals surface area (Å²) in [7, 11) is 3.13. The van der Waals surface area contributed by atoms with Crippen molar-refractivity contribution in [3.63, 3.8) is 0 Å². The Morgan fingerprint density at radius 2 is 1.45 bits per heavy atom. The lowest BCUT2D eigenvalue weighted by atomic mass is 10.0. The monoisotopic (exact) mass is 288 g/mol. The van der Waals surface area contributed by atoms with E-state index in [4.69, 9.17) is 9.47 Å². The van der Waals surface area contributed by atoms with E-state index in [-0.39, 0.29) is 5.78 Å². The number of thioether (sulfide) groups is 1. The zero-order valence-electron chi connectivity index (χ0n) is 11.7. The van der Waals surface area contributed by atoms with E-state index in [1.54, 1.807) is 44.2 Å². The van der Waals surface area contributed by atoms with Crippen LogP contribution in [0, 0.1) is 0 Å². The van der Waals surface area contributed by atoms with E-state index in [2.05, 4.69) is 0 Å². The molecule has 0 aliphatic heterocycles. The molecule has 0 spiro atoms. The van der Waals surface area contributed by atoms with E-state index in [0.29, 0.717) is 22.6 Å². The van der Waals surface area contributed by atoms with Gasteiger partial charge in [0.1, 0.15) is 11.5 Å². The lowest BCUT2D eigenvalue weighted by molar-refractivity contribution is 0.103. The van der Waals surface area contributed by atoms with Crippen LogP contribution in [0.3, 0.4) is 0 Å². The van der Waals surface area contributed by atoms with Crippen LogP contribution in [-0.2, 0) is 0 Å². The third-order valence-corrected chi connectivity index (χ3v) is 3.71. The number of ether oxygens (including phenoxy) is 2. The summed E-state index contributed by atoms with van der Waals surface area (Å²) >= 11 is 1.65. The number of methoxy groups -OCH3 is 2. The van der Waals surface area contributed by atoms with Crippen molar-refractivity contribution >= 4 is 17.5 Å². The molecule has 0 amide bonds. The zero-order chi connectivity index (χ0) is 14.5. The molecule has 2 rings (SSSR count). The molecule has 0 saturated carbocycles. The molecule has 2 aromatic carbocycles. The van der Waals surface area contributed by atoms with Crippen LogP contribution in [0.1, 0.15) is 15.9 Å². The molecule has 0 fully saturated rings. The van der Waals surface area contributed by atoms with Crippen molar-refractivity contribution < 1.29 is 14.3 Å². The van der Waals surface area contributed by atoms with Crippen molar-refractivity contribution in [3.05, 3.63) is 53.6 Å². The van der Waals surface area contributed by atoms with Gasteiger partial charge in [0.15, 0.2) is 5.78 Å². The molecule has 3 nitrogen and oxygen atoms in total. The van der Waals surface area contributed by atoms with Crippen molar-refractivity contribution in [2.75, 3.05) is 20.5 Å². The number of benzene rings is 2. The van der Waals surface area contributed by atoms with Crippen molar-refractivity contribution in [1.82, 2.24) is 0 Å². The fourth-order valence-electron chi connectivity index (χ4n) is 1.85. The predicted molar refractivity (Wildman–Crippen MR) is 81.2 cm³/mol. The van der Waals surface area contributed by atoms with Crippen molar-refractivity contribution in [2.24, 2.45) is 0 Å². The first-order valence-corrected chi connectivity index (χ1v) is 7.32. The largest absolute Gasteiger partial charge is 0.497 e. The fourth-order valence-corrected chi connectivity index (χ4v) is 2.26. The Hall–Kier alpha value is -1.94. The van der Waals surface area contributed by atoms with Crippen molar-refractivity contribution in [3.8, 4) is 11.5 Å². The quantitative estimate of drug-likeness (QED) is 0.621. The van der Waals surface area contributed by atoms with Gasteiger partial charge in [-0.1, -0.05) is 0 Å². The van der Waals surface area contributed by atoms with E-state index in [1.807, 2.05) is 30.5 Å². The average Bonchev–Trinajstić information content (AvgIpc) is 2.53. The Bertz CT molecular complexity index is 583. The molecule has 4 heteroatoms. The average molecular weight is 288 g/mol. The highest BCUT2D eigenvalue weighted by Gasteiger charge is 2.12. The number of rotatable bonds is 5. The smallest absolute Gasteiger partial charge is 0.193 e. The van der Waals surface area contributed by atoms with E-state index in [0.717, 1.165) is 4.90 Å². The summed E-state index contributed by atoms with van der Waals surface area (Å²) in [5.74, 6) is 1.16. The minimum atomic E-state index is -0.0464. The second-order valence-corrected chi connectivity index (χ2v) is 5.04. The van der Waals surface area contributed by atoms with Gasteiger partial charge < -0.3 is 9.47 Å². The summed E-state index contributed by atoms with van der Waals surface area (Å²) in [6.45, 7) is 0. The second-order valence-electron chi connectivity index (χ2n) is 4.16. The van der Waals surface area contributed by atoms with Crippen LogP contribution in [0.15, 0.2) is 47.4 Å². The van der Waals surface area contributed by atoms with Gasteiger partial charge in [0, 0.05) is 22.1 Å². The molecule has 0 atom stereocenters. The van der Waals surface area contributed by atoms with Crippen LogP contribution in [0.5, 0.6) is 11.5 Å². The highest BCUT2D eigenvalue weighted by atomic mass is 32.2. The summed E-state index contributed by atoms with van der Waals surface area (Å²) in [4.78, 5) is 13.6. The first-order chi connectivity index (χ1) is 9.67. The maximum absolute atomic E-state index is 12.5. The van der Waals surface area contributed by atoms with Crippen LogP contribution in [0.25, 0.3) is 0 Å². The SMILES string of the molecule is COc1cc(OC)cc(C(=O)c2ccc(SC)cc2)c1. The van der Waals surface area contributed by atoms with E-state index >= 15 is 0 Å².